The first kappa shape index (κ1) is 14.3. The van der Waals surface area contributed by atoms with Crippen molar-refractivity contribution < 1.29 is 13.9 Å². The zero-order valence-corrected chi connectivity index (χ0v) is 11.8. The van der Waals surface area contributed by atoms with E-state index in [1.54, 1.807) is 12.1 Å². The summed E-state index contributed by atoms with van der Waals surface area (Å²) in [4.78, 5) is 0. The molecule has 2 unspecified atom stereocenters. The molecule has 0 radical (unpaired) electrons. The molecule has 0 saturated carbocycles. The average Bonchev–Trinajstić information content (AvgIpc) is 2.84. The molecule has 0 aromatic heterocycles. The molecule has 1 N–H and O–H groups in total. The lowest BCUT2D eigenvalue weighted by Crippen LogP contribution is -2.38. The van der Waals surface area contributed by atoms with Crippen molar-refractivity contribution in [2.75, 3.05) is 20.3 Å². The standard InChI is InChI=1S/C15H22FNO2/c1-11(17-10-15(2)7-4-8-19-15)12-5-6-13(16)14(9-12)18-3/h5-6,9,11,17H,4,7-8,10H2,1-3H3. The van der Waals surface area contributed by atoms with Gasteiger partial charge < -0.3 is 14.8 Å². The van der Waals surface area contributed by atoms with Crippen molar-refractivity contribution in [1.82, 2.24) is 5.32 Å². The number of ether oxygens (including phenoxy) is 2. The molecule has 2 atom stereocenters. The van der Waals surface area contributed by atoms with Crippen LogP contribution in [0, 0.1) is 5.82 Å². The van der Waals surface area contributed by atoms with Crippen LogP contribution in [0.15, 0.2) is 18.2 Å². The number of hydrogen-bond donors (Lipinski definition) is 1. The van der Waals surface area contributed by atoms with Crippen molar-refractivity contribution >= 4 is 0 Å². The Balaban J connectivity index is 1.97. The fourth-order valence-electron chi connectivity index (χ4n) is 2.41. The van der Waals surface area contributed by atoms with Crippen LogP contribution in [0.25, 0.3) is 0 Å². The van der Waals surface area contributed by atoms with Gasteiger partial charge in [0.05, 0.1) is 12.7 Å². The summed E-state index contributed by atoms with van der Waals surface area (Å²) in [6.07, 6.45) is 2.20. The van der Waals surface area contributed by atoms with E-state index in [1.165, 1.54) is 13.2 Å². The zero-order chi connectivity index (χ0) is 13.9. The number of methoxy groups -OCH3 is 1. The maximum absolute atomic E-state index is 13.4. The number of halogens is 1. The van der Waals surface area contributed by atoms with Gasteiger partial charge in [-0.05, 0) is 44.4 Å². The van der Waals surface area contributed by atoms with Crippen molar-refractivity contribution in [3.63, 3.8) is 0 Å². The van der Waals surface area contributed by atoms with E-state index in [-0.39, 0.29) is 23.2 Å². The molecule has 1 aromatic carbocycles. The smallest absolute Gasteiger partial charge is 0.165 e. The van der Waals surface area contributed by atoms with E-state index in [4.69, 9.17) is 9.47 Å². The third kappa shape index (κ3) is 3.45. The maximum atomic E-state index is 13.4. The minimum absolute atomic E-state index is 0.0711. The summed E-state index contributed by atoms with van der Waals surface area (Å²) in [7, 11) is 1.48. The SMILES string of the molecule is COc1cc(C(C)NCC2(C)CCCO2)ccc1F. The summed E-state index contributed by atoms with van der Waals surface area (Å²) >= 11 is 0. The number of rotatable bonds is 5. The second-order valence-electron chi connectivity index (χ2n) is 5.40. The third-order valence-electron chi connectivity index (χ3n) is 3.76. The monoisotopic (exact) mass is 267 g/mol. The van der Waals surface area contributed by atoms with Crippen molar-refractivity contribution in [1.29, 1.82) is 0 Å². The van der Waals surface area contributed by atoms with Crippen LogP contribution in [0.1, 0.15) is 38.3 Å². The van der Waals surface area contributed by atoms with Gasteiger partial charge in [0.25, 0.3) is 0 Å². The second kappa shape index (κ2) is 5.88. The van der Waals surface area contributed by atoms with E-state index in [0.29, 0.717) is 0 Å². The highest BCUT2D eigenvalue weighted by atomic mass is 19.1. The molecule has 0 bridgehead atoms. The van der Waals surface area contributed by atoms with Crippen LogP contribution >= 0.6 is 0 Å². The van der Waals surface area contributed by atoms with E-state index < -0.39 is 0 Å². The molecular weight excluding hydrogens is 245 g/mol. The van der Waals surface area contributed by atoms with Gasteiger partial charge in [0.2, 0.25) is 0 Å². The number of hydrogen-bond acceptors (Lipinski definition) is 3. The fourth-order valence-corrected chi connectivity index (χ4v) is 2.41. The lowest BCUT2D eigenvalue weighted by atomic mass is 10.0. The molecular formula is C15H22FNO2. The Kier molecular flexibility index (Phi) is 4.42. The lowest BCUT2D eigenvalue weighted by molar-refractivity contribution is 0.0191. The Bertz CT molecular complexity index is 430. The molecule has 0 amide bonds. The summed E-state index contributed by atoms with van der Waals surface area (Å²) < 4.78 is 24.1. The first-order valence-electron chi connectivity index (χ1n) is 6.75. The van der Waals surface area contributed by atoms with Crippen molar-refractivity contribution in [2.24, 2.45) is 0 Å². The summed E-state index contributed by atoms with van der Waals surface area (Å²) in [5.74, 6) is -0.0426. The normalized spacial score (nSPS) is 24.4. The average molecular weight is 267 g/mol. The molecule has 2 rings (SSSR count). The largest absolute Gasteiger partial charge is 0.494 e. The molecule has 1 fully saturated rings. The highest BCUT2D eigenvalue weighted by molar-refractivity contribution is 5.31. The molecule has 1 saturated heterocycles. The molecule has 1 aliphatic rings. The van der Waals surface area contributed by atoms with Crippen LogP contribution in [0.5, 0.6) is 5.75 Å². The predicted molar refractivity (Wildman–Crippen MR) is 73.0 cm³/mol. The third-order valence-corrected chi connectivity index (χ3v) is 3.76. The fraction of sp³-hybridized carbons (Fsp3) is 0.600. The summed E-state index contributed by atoms with van der Waals surface area (Å²) in [6.45, 7) is 5.83. The van der Waals surface area contributed by atoms with Gasteiger partial charge in [0.15, 0.2) is 11.6 Å². The van der Waals surface area contributed by atoms with Gasteiger partial charge in [-0.3, -0.25) is 0 Å². The van der Waals surface area contributed by atoms with Crippen LogP contribution in [0.2, 0.25) is 0 Å². The van der Waals surface area contributed by atoms with Crippen LogP contribution < -0.4 is 10.1 Å². The van der Waals surface area contributed by atoms with Crippen LogP contribution in [0.4, 0.5) is 4.39 Å². The lowest BCUT2D eigenvalue weighted by Gasteiger charge is -2.26. The van der Waals surface area contributed by atoms with Gasteiger partial charge in [-0.25, -0.2) is 4.39 Å². The Labute approximate surface area is 114 Å². The molecule has 19 heavy (non-hydrogen) atoms. The molecule has 3 nitrogen and oxygen atoms in total. The molecule has 1 heterocycles. The highest BCUT2D eigenvalue weighted by Gasteiger charge is 2.29. The molecule has 1 aliphatic heterocycles. The predicted octanol–water partition coefficient (Wildman–Crippen LogP) is 3.05. The van der Waals surface area contributed by atoms with Gasteiger partial charge in [-0.1, -0.05) is 6.07 Å². The minimum Gasteiger partial charge on any atom is -0.494 e. The number of benzene rings is 1. The second-order valence-corrected chi connectivity index (χ2v) is 5.40. The maximum Gasteiger partial charge on any atom is 0.165 e. The number of nitrogens with one attached hydrogen (secondary N) is 1. The molecule has 0 aliphatic carbocycles. The van der Waals surface area contributed by atoms with E-state index in [1.807, 2.05) is 0 Å². The highest BCUT2D eigenvalue weighted by Crippen LogP contribution is 2.26. The van der Waals surface area contributed by atoms with Crippen molar-refractivity contribution in [3.8, 4) is 5.75 Å². The van der Waals surface area contributed by atoms with Gasteiger partial charge >= 0.3 is 0 Å². The minimum atomic E-state index is -0.329. The van der Waals surface area contributed by atoms with Crippen LogP contribution in [-0.2, 0) is 4.74 Å². The summed E-state index contributed by atoms with van der Waals surface area (Å²) in [5.41, 5.74) is 0.943. The van der Waals surface area contributed by atoms with Crippen LogP contribution in [0.3, 0.4) is 0 Å². The Hall–Kier alpha value is -1.13. The van der Waals surface area contributed by atoms with E-state index in [9.17, 15) is 4.39 Å². The van der Waals surface area contributed by atoms with Gasteiger partial charge in [-0.15, -0.1) is 0 Å². The molecule has 106 valence electrons. The quantitative estimate of drug-likeness (QED) is 0.889. The zero-order valence-electron chi connectivity index (χ0n) is 11.8. The first-order valence-corrected chi connectivity index (χ1v) is 6.75. The molecule has 4 heteroatoms. The van der Waals surface area contributed by atoms with E-state index >= 15 is 0 Å². The summed E-state index contributed by atoms with van der Waals surface area (Å²) in [5, 5.41) is 3.45. The van der Waals surface area contributed by atoms with E-state index in [2.05, 4.69) is 19.2 Å². The Morgan fingerprint density at radius 1 is 1.53 bits per heavy atom. The van der Waals surface area contributed by atoms with Gasteiger partial charge in [0.1, 0.15) is 0 Å². The summed E-state index contributed by atoms with van der Waals surface area (Å²) in [6, 6.07) is 5.11. The Morgan fingerprint density at radius 2 is 2.32 bits per heavy atom. The molecule has 1 aromatic rings. The molecule has 0 spiro atoms. The van der Waals surface area contributed by atoms with Gasteiger partial charge in [0, 0.05) is 19.2 Å². The first-order chi connectivity index (χ1) is 9.04. The topological polar surface area (TPSA) is 30.5 Å². The van der Waals surface area contributed by atoms with E-state index in [0.717, 1.165) is 31.6 Å². The van der Waals surface area contributed by atoms with Crippen LogP contribution in [-0.4, -0.2) is 25.9 Å². The van der Waals surface area contributed by atoms with Crippen molar-refractivity contribution in [3.05, 3.63) is 29.6 Å². The van der Waals surface area contributed by atoms with Crippen molar-refractivity contribution in [2.45, 2.75) is 38.3 Å². The van der Waals surface area contributed by atoms with Gasteiger partial charge in [-0.2, -0.15) is 0 Å². The Morgan fingerprint density at radius 3 is 2.95 bits per heavy atom.